The highest BCUT2D eigenvalue weighted by atomic mass is 32.2. The molecule has 1 heterocycles. The monoisotopic (exact) mass is 432 g/mol. The number of rotatable bonds is 8. The van der Waals surface area contributed by atoms with Gasteiger partial charge in [-0.15, -0.1) is 0 Å². The van der Waals surface area contributed by atoms with E-state index in [0.717, 1.165) is 18.5 Å². The lowest BCUT2D eigenvalue weighted by molar-refractivity contribution is -0.384. The van der Waals surface area contributed by atoms with Crippen molar-refractivity contribution in [2.24, 2.45) is 0 Å². The van der Waals surface area contributed by atoms with E-state index in [1.165, 1.54) is 22.2 Å². The van der Waals surface area contributed by atoms with Gasteiger partial charge in [-0.1, -0.05) is 30.3 Å². The number of hydrogen-bond donors (Lipinski definition) is 1. The van der Waals surface area contributed by atoms with Crippen LogP contribution in [0.1, 0.15) is 18.9 Å². The van der Waals surface area contributed by atoms with Gasteiger partial charge in [0.25, 0.3) is 5.69 Å². The Morgan fingerprint density at radius 1 is 1.10 bits per heavy atom. The van der Waals surface area contributed by atoms with Crippen molar-refractivity contribution in [3.8, 4) is 0 Å². The largest absolute Gasteiger partial charge is 0.377 e. The van der Waals surface area contributed by atoms with Crippen LogP contribution in [0, 0.1) is 10.1 Å². The third-order valence-corrected chi connectivity index (χ3v) is 6.66. The maximum Gasteiger partial charge on any atom is 0.292 e. The lowest BCUT2D eigenvalue weighted by atomic mass is 10.1. The van der Waals surface area contributed by atoms with Crippen molar-refractivity contribution < 1.29 is 13.3 Å². The van der Waals surface area contributed by atoms with E-state index in [0.29, 0.717) is 31.9 Å². The van der Waals surface area contributed by atoms with Gasteiger partial charge in [0, 0.05) is 44.0 Å². The second-order valence-corrected chi connectivity index (χ2v) is 9.66. The molecule has 0 bridgehead atoms. The van der Waals surface area contributed by atoms with Gasteiger partial charge in [-0.3, -0.25) is 10.1 Å². The molecule has 0 saturated carbocycles. The predicted octanol–water partition coefficient (Wildman–Crippen LogP) is 3.11. The molecule has 8 nitrogen and oxygen atoms in total. The maximum atomic E-state index is 11.7. The normalized spacial score (nSPS) is 16.3. The molecule has 1 atom stereocenters. The lowest BCUT2D eigenvalue weighted by Gasteiger charge is -2.35. The number of aryl methyl sites for hydroxylation is 1. The van der Waals surface area contributed by atoms with Crippen molar-refractivity contribution >= 4 is 27.1 Å². The lowest BCUT2D eigenvalue weighted by Crippen LogP contribution is -2.48. The minimum Gasteiger partial charge on any atom is -0.377 e. The molecule has 162 valence electrons. The molecule has 1 aliphatic heterocycles. The highest BCUT2D eigenvalue weighted by molar-refractivity contribution is 7.88. The molecule has 1 N–H and O–H groups in total. The summed E-state index contributed by atoms with van der Waals surface area (Å²) in [6, 6.07) is 15.2. The molecule has 1 fully saturated rings. The van der Waals surface area contributed by atoms with Crippen LogP contribution in [0.15, 0.2) is 48.5 Å². The summed E-state index contributed by atoms with van der Waals surface area (Å²) in [5.74, 6) is 0. The summed E-state index contributed by atoms with van der Waals surface area (Å²) in [6.07, 6.45) is 2.95. The minimum absolute atomic E-state index is 0.0417. The van der Waals surface area contributed by atoms with Crippen molar-refractivity contribution in [1.82, 2.24) is 4.31 Å². The third kappa shape index (κ3) is 5.70. The SMILES string of the molecule is C[C@H](CCc1ccccc1)Nc1cc(N2CCN(S(C)(=O)=O)CC2)ccc1[N+](=O)[O-]. The number of sulfonamides is 1. The number of benzene rings is 2. The van der Waals surface area contributed by atoms with Crippen LogP contribution in [0.4, 0.5) is 17.1 Å². The van der Waals surface area contributed by atoms with Crippen LogP contribution in [-0.4, -0.2) is 56.1 Å². The smallest absolute Gasteiger partial charge is 0.292 e. The van der Waals surface area contributed by atoms with E-state index in [1.807, 2.05) is 25.1 Å². The fraction of sp³-hybridized carbons (Fsp3) is 0.429. The standard InChI is InChI=1S/C21H28N4O4S/c1-17(8-9-18-6-4-3-5-7-18)22-20-16-19(10-11-21(20)25(26)27)23-12-14-24(15-13-23)30(2,28)29/h3-7,10-11,16-17,22H,8-9,12-15H2,1-2H3/t17-/m1/s1. The Hall–Kier alpha value is -2.65. The Morgan fingerprint density at radius 2 is 1.77 bits per heavy atom. The van der Waals surface area contributed by atoms with Crippen LogP contribution in [0.25, 0.3) is 0 Å². The summed E-state index contributed by atoms with van der Waals surface area (Å²) in [4.78, 5) is 13.2. The molecule has 0 aromatic heterocycles. The maximum absolute atomic E-state index is 11.7. The molecule has 9 heteroatoms. The zero-order valence-electron chi connectivity index (χ0n) is 17.3. The topological polar surface area (TPSA) is 95.8 Å². The van der Waals surface area contributed by atoms with E-state index >= 15 is 0 Å². The molecule has 0 aliphatic carbocycles. The fourth-order valence-corrected chi connectivity index (χ4v) is 4.47. The van der Waals surface area contributed by atoms with Gasteiger partial charge in [0.1, 0.15) is 5.69 Å². The average molecular weight is 433 g/mol. The summed E-state index contributed by atoms with van der Waals surface area (Å²) >= 11 is 0. The van der Waals surface area contributed by atoms with E-state index in [2.05, 4.69) is 22.3 Å². The van der Waals surface area contributed by atoms with Gasteiger partial charge in [-0.2, -0.15) is 4.31 Å². The highest BCUT2D eigenvalue weighted by Gasteiger charge is 2.25. The summed E-state index contributed by atoms with van der Waals surface area (Å²) in [6.45, 7) is 3.93. The molecule has 0 radical (unpaired) electrons. The molecule has 1 saturated heterocycles. The first-order valence-electron chi connectivity index (χ1n) is 10.0. The molecule has 0 unspecified atom stereocenters. The zero-order valence-corrected chi connectivity index (χ0v) is 18.1. The van der Waals surface area contributed by atoms with Gasteiger partial charge in [0.2, 0.25) is 10.0 Å². The molecule has 0 spiro atoms. The molecule has 1 aliphatic rings. The van der Waals surface area contributed by atoms with Crippen molar-refractivity contribution in [3.05, 3.63) is 64.2 Å². The average Bonchev–Trinajstić information content (AvgIpc) is 2.72. The highest BCUT2D eigenvalue weighted by Crippen LogP contribution is 2.31. The predicted molar refractivity (Wildman–Crippen MR) is 120 cm³/mol. The molecule has 0 amide bonds. The van der Waals surface area contributed by atoms with E-state index in [-0.39, 0.29) is 16.7 Å². The number of anilines is 2. The van der Waals surface area contributed by atoms with Crippen LogP contribution in [0.5, 0.6) is 0 Å². The van der Waals surface area contributed by atoms with E-state index in [4.69, 9.17) is 0 Å². The van der Waals surface area contributed by atoms with Crippen molar-refractivity contribution in [2.45, 2.75) is 25.8 Å². The summed E-state index contributed by atoms with van der Waals surface area (Å²) < 4.78 is 24.9. The first-order chi connectivity index (χ1) is 14.2. The second-order valence-electron chi connectivity index (χ2n) is 7.68. The fourth-order valence-electron chi connectivity index (χ4n) is 3.64. The van der Waals surface area contributed by atoms with Crippen molar-refractivity contribution in [3.63, 3.8) is 0 Å². The summed E-state index contributed by atoms with van der Waals surface area (Å²) in [5.41, 5.74) is 2.62. The molecule has 2 aromatic carbocycles. The Balaban J connectivity index is 1.69. The van der Waals surface area contributed by atoms with E-state index in [9.17, 15) is 18.5 Å². The van der Waals surface area contributed by atoms with Crippen LogP contribution in [0.3, 0.4) is 0 Å². The number of piperazine rings is 1. The van der Waals surface area contributed by atoms with E-state index in [1.54, 1.807) is 12.1 Å². The molecular formula is C21H28N4O4S. The second kappa shape index (κ2) is 9.44. The van der Waals surface area contributed by atoms with Crippen LogP contribution in [-0.2, 0) is 16.4 Å². The quantitative estimate of drug-likeness (QED) is 0.509. The molecule has 30 heavy (non-hydrogen) atoms. The first-order valence-corrected chi connectivity index (χ1v) is 11.9. The van der Waals surface area contributed by atoms with Crippen molar-refractivity contribution in [2.75, 3.05) is 42.7 Å². The number of nitro benzene ring substituents is 1. The minimum atomic E-state index is -3.20. The van der Waals surface area contributed by atoms with Crippen LogP contribution in [0.2, 0.25) is 0 Å². The zero-order chi connectivity index (χ0) is 21.7. The van der Waals surface area contributed by atoms with Gasteiger partial charge < -0.3 is 10.2 Å². The van der Waals surface area contributed by atoms with Crippen LogP contribution < -0.4 is 10.2 Å². The molecule has 2 aromatic rings. The van der Waals surface area contributed by atoms with Gasteiger partial charge in [-0.05, 0) is 37.5 Å². The number of nitro groups is 1. The van der Waals surface area contributed by atoms with E-state index < -0.39 is 10.0 Å². The van der Waals surface area contributed by atoms with Crippen molar-refractivity contribution in [1.29, 1.82) is 0 Å². The Kier molecular flexibility index (Phi) is 6.94. The van der Waals surface area contributed by atoms with Gasteiger partial charge in [-0.25, -0.2) is 8.42 Å². The van der Waals surface area contributed by atoms with Gasteiger partial charge >= 0.3 is 0 Å². The van der Waals surface area contributed by atoms with Gasteiger partial charge in [0.15, 0.2) is 0 Å². The Labute approximate surface area is 177 Å². The van der Waals surface area contributed by atoms with Crippen LogP contribution >= 0.6 is 0 Å². The first kappa shape index (κ1) is 22.0. The Bertz CT molecular complexity index is 974. The molecular weight excluding hydrogens is 404 g/mol. The summed E-state index contributed by atoms with van der Waals surface area (Å²) in [7, 11) is -3.20. The summed E-state index contributed by atoms with van der Waals surface area (Å²) in [5, 5.41) is 14.8. The number of hydrogen-bond acceptors (Lipinski definition) is 6. The van der Waals surface area contributed by atoms with Gasteiger partial charge in [0.05, 0.1) is 11.2 Å². The third-order valence-electron chi connectivity index (χ3n) is 5.36. The molecule has 3 rings (SSSR count). The number of nitrogens with zero attached hydrogens (tertiary/aromatic N) is 3. The number of nitrogens with one attached hydrogen (secondary N) is 1. The Morgan fingerprint density at radius 3 is 2.37 bits per heavy atom.